The van der Waals surface area contributed by atoms with Gasteiger partial charge < -0.3 is 5.11 Å². The van der Waals surface area contributed by atoms with Crippen LogP contribution in [0.5, 0.6) is 0 Å². The van der Waals surface area contributed by atoms with Crippen molar-refractivity contribution in [1.82, 2.24) is 0 Å². The van der Waals surface area contributed by atoms with E-state index in [9.17, 15) is 17.6 Å². The van der Waals surface area contributed by atoms with E-state index >= 15 is 0 Å². The number of aromatic carboxylic acids is 1. The van der Waals surface area contributed by atoms with Gasteiger partial charge in [0.1, 0.15) is 5.82 Å². The quantitative estimate of drug-likeness (QED) is 0.862. The summed E-state index contributed by atoms with van der Waals surface area (Å²) in [6.07, 6.45) is 0. The van der Waals surface area contributed by atoms with Gasteiger partial charge in [-0.15, -0.1) is 0 Å². The van der Waals surface area contributed by atoms with E-state index in [1.807, 2.05) is 20.8 Å². The van der Waals surface area contributed by atoms with Crippen LogP contribution in [0, 0.1) is 40.4 Å². The maximum absolute atomic E-state index is 13.5. The predicted molar refractivity (Wildman–Crippen MR) is 94.3 cm³/mol. The minimum absolute atomic E-state index is 0.00604. The molecule has 0 bridgehead atoms. The molecule has 0 fully saturated rings. The molecule has 0 heterocycles. The molecule has 2 aromatic rings. The van der Waals surface area contributed by atoms with Crippen LogP contribution >= 0.6 is 0 Å². The third-order valence-electron chi connectivity index (χ3n) is 4.65. The summed E-state index contributed by atoms with van der Waals surface area (Å²) in [7, 11) is -3.96. The number of sulfonamides is 1. The van der Waals surface area contributed by atoms with Gasteiger partial charge in [0.25, 0.3) is 10.0 Å². The molecule has 0 unspecified atom stereocenters. The molecular weight excluding hydrogens is 345 g/mol. The Labute approximate surface area is 146 Å². The molecule has 2 aromatic carbocycles. The van der Waals surface area contributed by atoms with Crippen molar-refractivity contribution in [2.75, 3.05) is 4.72 Å². The molecule has 0 saturated carbocycles. The van der Waals surface area contributed by atoms with Gasteiger partial charge in [0, 0.05) is 5.69 Å². The summed E-state index contributed by atoms with van der Waals surface area (Å²) in [5.74, 6) is -2.39. The van der Waals surface area contributed by atoms with Gasteiger partial charge in [-0.25, -0.2) is 17.6 Å². The Morgan fingerprint density at radius 1 is 0.960 bits per heavy atom. The average molecular weight is 365 g/mol. The van der Waals surface area contributed by atoms with Crippen LogP contribution in [0.4, 0.5) is 10.1 Å². The van der Waals surface area contributed by atoms with Crippen LogP contribution in [0.15, 0.2) is 23.1 Å². The predicted octanol–water partition coefficient (Wildman–Crippen LogP) is 3.87. The summed E-state index contributed by atoms with van der Waals surface area (Å²) >= 11 is 0. The van der Waals surface area contributed by atoms with Crippen molar-refractivity contribution >= 4 is 21.7 Å². The molecule has 0 saturated heterocycles. The number of carboxylic acids is 1. The first kappa shape index (κ1) is 18.9. The number of hydrogen-bond donors (Lipinski definition) is 2. The molecule has 5 nitrogen and oxygen atoms in total. The first-order chi connectivity index (χ1) is 11.5. The lowest BCUT2D eigenvalue weighted by Gasteiger charge is -2.19. The molecule has 2 N–H and O–H groups in total. The van der Waals surface area contributed by atoms with E-state index in [0.29, 0.717) is 11.1 Å². The Bertz CT molecular complexity index is 952. The molecule has 2 rings (SSSR count). The summed E-state index contributed by atoms with van der Waals surface area (Å²) in [6.45, 7) is 9.12. The normalized spacial score (nSPS) is 11.4. The molecular formula is C18H20FNO4S. The molecule has 0 radical (unpaired) electrons. The van der Waals surface area contributed by atoms with Crippen LogP contribution in [0.25, 0.3) is 0 Å². The van der Waals surface area contributed by atoms with Crippen molar-refractivity contribution in [3.8, 4) is 0 Å². The van der Waals surface area contributed by atoms with E-state index in [1.54, 1.807) is 13.8 Å². The van der Waals surface area contributed by atoms with Gasteiger partial charge in [0.2, 0.25) is 0 Å². The third-order valence-corrected chi connectivity index (χ3v) is 6.30. The molecule has 0 aromatic heterocycles. The number of hydrogen-bond acceptors (Lipinski definition) is 3. The zero-order valence-electron chi connectivity index (χ0n) is 14.7. The second-order valence-electron chi connectivity index (χ2n) is 6.06. The smallest absolute Gasteiger partial charge is 0.338 e. The van der Waals surface area contributed by atoms with Crippen LogP contribution in [0.3, 0.4) is 0 Å². The molecule has 7 heteroatoms. The van der Waals surface area contributed by atoms with Gasteiger partial charge in [-0.3, -0.25) is 4.72 Å². The lowest BCUT2D eigenvalue weighted by atomic mass is 9.95. The van der Waals surface area contributed by atoms with Gasteiger partial charge in [-0.1, -0.05) is 0 Å². The number of rotatable bonds is 4. The standard InChI is InChI=1S/C18H20FNO4S/c1-9-10(2)12(4)17(13(5)11(9)3)25(23,24)20-14-6-7-16(19)15(8-14)18(21)22/h6-8,20H,1-5H3,(H,21,22). The molecule has 0 spiro atoms. The summed E-state index contributed by atoms with van der Waals surface area (Å²) in [5.41, 5.74) is 3.47. The van der Waals surface area contributed by atoms with E-state index in [4.69, 9.17) is 5.11 Å². The highest BCUT2D eigenvalue weighted by atomic mass is 32.2. The van der Waals surface area contributed by atoms with Crippen LogP contribution < -0.4 is 4.72 Å². The Morgan fingerprint density at radius 2 is 1.44 bits per heavy atom. The van der Waals surface area contributed by atoms with Gasteiger partial charge in [-0.05, 0) is 80.6 Å². The molecule has 0 amide bonds. The summed E-state index contributed by atoms with van der Waals surface area (Å²) < 4.78 is 41.6. The SMILES string of the molecule is Cc1c(C)c(C)c(S(=O)(=O)Nc2ccc(F)c(C(=O)O)c2)c(C)c1C. The average Bonchev–Trinajstić information content (AvgIpc) is 2.52. The maximum Gasteiger partial charge on any atom is 0.338 e. The zero-order valence-corrected chi connectivity index (χ0v) is 15.5. The molecule has 0 atom stereocenters. The van der Waals surface area contributed by atoms with E-state index in [-0.39, 0.29) is 10.6 Å². The van der Waals surface area contributed by atoms with Crippen LogP contribution in [-0.2, 0) is 10.0 Å². The van der Waals surface area contributed by atoms with Gasteiger partial charge in [0.05, 0.1) is 10.5 Å². The number of carboxylic acid groups (broad SMARTS) is 1. The van der Waals surface area contributed by atoms with Crippen LogP contribution in [-0.4, -0.2) is 19.5 Å². The summed E-state index contributed by atoms with van der Waals surface area (Å²) in [4.78, 5) is 11.2. The van der Waals surface area contributed by atoms with E-state index < -0.39 is 27.4 Å². The van der Waals surface area contributed by atoms with Crippen LogP contribution in [0.1, 0.15) is 38.2 Å². The minimum Gasteiger partial charge on any atom is -0.478 e. The lowest BCUT2D eigenvalue weighted by Crippen LogP contribution is -2.18. The molecule has 0 aliphatic heterocycles. The van der Waals surface area contributed by atoms with Crippen molar-refractivity contribution in [2.24, 2.45) is 0 Å². The molecule has 0 aliphatic carbocycles. The third kappa shape index (κ3) is 3.37. The Kier molecular flexibility index (Phi) is 4.90. The fourth-order valence-corrected chi connectivity index (χ4v) is 4.48. The highest BCUT2D eigenvalue weighted by Crippen LogP contribution is 2.31. The number of nitrogens with one attached hydrogen (secondary N) is 1. The second-order valence-corrected chi connectivity index (χ2v) is 7.68. The number of halogens is 1. The topological polar surface area (TPSA) is 83.5 Å². The molecule has 134 valence electrons. The number of anilines is 1. The Hall–Kier alpha value is -2.41. The maximum atomic E-state index is 13.5. The first-order valence-electron chi connectivity index (χ1n) is 7.60. The summed E-state index contributed by atoms with van der Waals surface area (Å²) in [6, 6.07) is 3.08. The van der Waals surface area contributed by atoms with Gasteiger partial charge in [0.15, 0.2) is 0 Å². The largest absolute Gasteiger partial charge is 0.478 e. The van der Waals surface area contributed by atoms with Crippen molar-refractivity contribution in [1.29, 1.82) is 0 Å². The van der Waals surface area contributed by atoms with Gasteiger partial charge >= 0.3 is 5.97 Å². The lowest BCUT2D eigenvalue weighted by molar-refractivity contribution is 0.0692. The Morgan fingerprint density at radius 3 is 1.92 bits per heavy atom. The van der Waals surface area contributed by atoms with E-state index in [0.717, 1.165) is 28.8 Å². The molecule has 25 heavy (non-hydrogen) atoms. The van der Waals surface area contributed by atoms with E-state index in [1.165, 1.54) is 6.07 Å². The fourth-order valence-electron chi connectivity index (χ4n) is 2.83. The first-order valence-corrected chi connectivity index (χ1v) is 9.08. The highest BCUT2D eigenvalue weighted by molar-refractivity contribution is 7.92. The summed E-state index contributed by atoms with van der Waals surface area (Å²) in [5, 5.41) is 8.98. The number of benzene rings is 2. The minimum atomic E-state index is -3.96. The van der Waals surface area contributed by atoms with E-state index in [2.05, 4.69) is 4.72 Å². The monoisotopic (exact) mass is 365 g/mol. The van der Waals surface area contributed by atoms with Crippen molar-refractivity contribution in [3.05, 3.63) is 57.4 Å². The molecule has 0 aliphatic rings. The number of carbonyl (C=O) groups is 1. The zero-order chi connectivity index (χ0) is 19.1. The second kappa shape index (κ2) is 6.48. The fraction of sp³-hybridized carbons (Fsp3) is 0.278. The van der Waals surface area contributed by atoms with Crippen molar-refractivity contribution in [3.63, 3.8) is 0 Å². The Balaban J connectivity index is 2.59. The van der Waals surface area contributed by atoms with Gasteiger partial charge in [-0.2, -0.15) is 0 Å². The van der Waals surface area contributed by atoms with Crippen molar-refractivity contribution in [2.45, 2.75) is 39.5 Å². The van der Waals surface area contributed by atoms with Crippen LogP contribution in [0.2, 0.25) is 0 Å². The van der Waals surface area contributed by atoms with Crippen molar-refractivity contribution < 1.29 is 22.7 Å². The highest BCUT2D eigenvalue weighted by Gasteiger charge is 2.24.